The predicted molar refractivity (Wildman–Crippen MR) is 121 cm³/mol. The summed E-state index contributed by atoms with van der Waals surface area (Å²) in [5.41, 5.74) is 9.92. The van der Waals surface area contributed by atoms with E-state index in [4.69, 9.17) is 10.5 Å². The number of hydrogen-bond acceptors (Lipinski definition) is 5. The van der Waals surface area contributed by atoms with Crippen LogP contribution in [0, 0.1) is 13.8 Å². The van der Waals surface area contributed by atoms with Gasteiger partial charge in [-0.25, -0.2) is 0 Å². The number of nitrogens with two attached hydrogens (primary N) is 1. The molecule has 0 unspecified atom stereocenters. The van der Waals surface area contributed by atoms with Gasteiger partial charge in [-0.1, -0.05) is 12.1 Å². The average molecular weight is 428 g/mol. The molecule has 0 aliphatic rings. The molecule has 0 bridgehead atoms. The van der Waals surface area contributed by atoms with Gasteiger partial charge in [-0.3, -0.25) is 9.59 Å². The van der Waals surface area contributed by atoms with Crippen LogP contribution in [0.2, 0.25) is 0 Å². The number of benzene rings is 2. The first kappa shape index (κ1) is 24.2. The van der Waals surface area contributed by atoms with Crippen molar-refractivity contribution < 1.29 is 19.4 Å². The summed E-state index contributed by atoms with van der Waals surface area (Å²) < 4.78 is 5.14. The lowest BCUT2D eigenvalue weighted by atomic mass is 9.96. The zero-order chi connectivity index (χ0) is 23.0. The Balaban J connectivity index is 1.76. The monoisotopic (exact) mass is 427 g/mol. The van der Waals surface area contributed by atoms with Gasteiger partial charge in [0.15, 0.2) is 0 Å². The molecule has 31 heavy (non-hydrogen) atoms. The van der Waals surface area contributed by atoms with Crippen molar-refractivity contribution in [3.8, 4) is 11.5 Å². The molecule has 0 aromatic heterocycles. The van der Waals surface area contributed by atoms with Gasteiger partial charge in [0, 0.05) is 6.54 Å². The highest BCUT2D eigenvalue weighted by Crippen LogP contribution is 2.21. The summed E-state index contributed by atoms with van der Waals surface area (Å²) in [6, 6.07) is 9.66. The molecule has 2 aromatic carbocycles. The molecule has 5 N–H and O–H groups in total. The quantitative estimate of drug-likeness (QED) is 0.434. The molecule has 0 spiro atoms. The number of aryl methyl sites for hydroxylation is 3. The fourth-order valence-corrected chi connectivity index (χ4v) is 3.44. The minimum absolute atomic E-state index is 0.189. The maximum Gasteiger partial charge on any atom is 0.242 e. The van der Waals surface area contributed by atoms with Crippen molar-refractivity contribution in [1.29, 1.82) is 0 Å². The van der Waals surface area contributed by atoms with E-state index in [2.05, 4.69) is 10.6 Å². The molecule has 7 nitrogen and oxygen atoms in total. The van der Waals surface area contributed by atoms with Gasteiger partial charge in [-0.2, -0.15) is 0 Å². The van der Waals surface area contributed by atoms with Crippen molar-refractivity contribution >= 4 is 11.8 Å². The van der Waals surface area contributed by atoms with Crippen molar-refractivity contribution in [2.24, 2.45) is 5.73 Å². The van der Waals surface area contributed by atoms with Crippen molar-refractivity contribution in [2.75, 3.05) is 13.7 Å². The van der Waals surface area contributed by atoms with Gasteiger partial charge < -0.3 is 26.2 Å². The molecule has 0 heterocycles. The first-order chi connectivity index (χ1) is 14.7. The van der Waals surface area contributed by atoms with E-state index in [-0.39, 0.29) is 17.6 Å². The molecule has 0 saturated carbocycles. The largest absolute Gasteiger partial charge is 0.508 e. The van der Waals surface area contributed by atoms with Crippen LogP contribution in [0.1, 0.15) is 35.6 Å². The highest BCUT2D eigenvalue weighted by Gasteiger charge is 2.21. The topological polar surface area (TPSA) is 114 Å². The fraction of sp³-hybridized carbons (Fsp3) is 0.417. The van der Waals surface area contributed by atoms with Gasteiger partial charge in [-0.15, -0.1) is 0 Å². The third kappa shape index (κ3) is 7.29. The summed E-state index contributed by atoms with van der Waals surface area (Å²) in [6.45, 7) is 5.90. The van der Waals surface area contributed by atoms with E-state index in [0.717, 1.165) is 35.3 Å². The molecular formula is C24H33N3O4. The summed E-state index contributed by atoms with van der Waals surface area (Å²) >= 11 is 0. The SMILES string of the molecule is COc1ccc(CCCNC(=O)[C@@H](C)NC(=O)[C@@H](N)Cc2c(C)cc(O)cc2C)cc1. The summed E-state index contributed by atoms with van der Waals surface area (Å²) in [4.78, 5) is 24.7. The van der Waals surface area contributed by atoms with E-state index < -0.39 is 12.1 Å². The minimum atomic E-state index is -0.785. The van der Waals surface area contributed by atoms with E-state index in [1.807, 2.05) is 38.1 Å². The third-order valence-corrected chi connectivity index (χ3v) is 5.29. The number of aromatic hydroxyl groups is 1. The number of rotatable bonds is 10. The number of carbonyl (C=O) groups is 2. The molecule has 168 valence electrons. The lowest BCUT2D eigenvalue weighted by Crippen LogP contribution is -2.51. The van der Waals surface area contributed by atoms with Gasteiger partial charge in [0.05, 0.1) is 13.2 Å². The van der Waals surface area contributed by atoms with Gasteiger partial charge >= 0.3 is 0 Å². The maximum absolute atomic E-state index is 12.4. The Hall–Kier alpha value is -3.06. The molecule has 0 saturated heterocycles. The molecule has 7 heteroatoms. The van der Waals surface area contributed by atoms with Gasteiger partial charge in [0.1, 0.15) is 17.5 Å². The van der Waals surface area contributed by atoms with Gasteiger partial charge in [0.25, 0.3) is 0 Å². The lowest BCUT2D eigenvalue weighted by molar-refractivity contribution is -0.129. The fourth-order valence-electron chi connectivity index (χ4n) is 3.44. The van der Waals surface area contributed by atoms with Crippen LogP contribution < -0.4 is 21.1 Å². The summed E-state index contributed by atoms with van der Waals surface area (Å²) in [7, 11) is 1.63. The van der Waals surface area contributed by atoms with E-state index in [1.54, 1.807) is 26.2 Å². The van der Waals surface area contributed by atoms with Crippen LogP contribution in [-0.4, -0.2) is 42.7 Å². The smallest absolute Gasteiger partial charge is 0.242 e. The van der Waals surface area contributed by atoms with Crippen LogP contribution in [0.3, 0.4) is 0 Å². The second-order valence-electron chi connectivity index (χ2n) is 7.84. The molecule has 2 amide bonds. The van der Waals surface area contributed by atoms with Crippen LogP contribution in [0.15, 0.2) is 36.4 Å². The van der Waals surface area contributed by atoms with Gasteiger partial charge in [-0.05, 0) is 86.6 Å². The Kier molecular flexibility index (Phi) is 8.88. The highest BCUT2D eigenvalue weighted by atomic mass is 16.5. The Morgan fingerprint density at radius 1 is 1.10 bits per heavy atom. The molecule has 2 aromatic rings. The number of hydrogen-bond donors (Lipinski definition) is 4. The Morgan fingerprint density at radius 3 is 2.29 bits per heavy atom. The second kappa shape index (κ2) is 11.4. The van der Waals surface area contributed by atoms with Crippen molar-refractivity contribution in [3.05, 3.63) is 58.7 Å². The van der Waals surface area contributed by atoms with Crippen molar-refractivity contribution in [2.45, 2.75) is 52.1 Å². The van der Waals surface area contributed by atoms with Crippen LogP contribution in [0.25, 0.3) is 0 Å². The Labute approximate surface area is 184 Å². The van der Waals surface area contributed by atoms with E-state index in [1.165, 1.54) is 5.56 Å². The number of phenolic OH excluding ortho intramolecular Hbond substituents is 1. The van der Waals surface area contributed by atoms with Gasteiger partial charge in [0.2, 0.25) is 11.8 Å². The Morgan fingerprint density at radius 2 is 1.71 bits per heavy atom. The van der Waals surface area contributed by atoms with Crippen molar-refractivity contribution in [1.82, 2.24) is 10.6 Å². The molecule has 0 aliphatic carbocycles. The molecular weight excluding hydrogens is 394 g/mol. The number of nitrogens with one attached hydrogen (secondary N) is 2. The standard InChI is InChI=1S/C24H33N3O4/c1-15-12-19(28)13-16(2)21(15)14-22(25)24(30)27-17(3)23(29)26-11-5-6-18-7-9-20(31-4)10-8-18/h7-10,12-13,17,22,28H,5-6,11,14,25H2,1-4H3,(H,26,29)(H,27,30)/t17-,22+/m1/s1. The highest BCUT2D eigenvalue weighted by molar-refractivity contribution is 5.89. The average Bonchev–Trinajstić information content (AvgIpc) is 2.73. The Bertz CT molecular complexity index is 873. The number of amides is 2. The third-order valence-electron chi connectivity index (χ3n) is 5.29. The maximum atomic E-state index is 12.4. The van der Waals surface area contributed by atoms with E-state index in [9.17, 15) is 14.7 Å². The zero-order valence-electron chi connectivity index (χ0n) is 18.7. The first-order valence-electron chi connectivity index (χ1n) is 10.5. The van der Waals surface area contributed by atoms with Crippen molar-refractivity contribution in [3.63, 3.8) is 0 Å². The summed E-state index contributed by atoms with van der Waals surface area (Å²) in [6.07, 6.45) is 1.96. The molecule has 2 atom stereocenters. The number of ether oxygens (including phenoxy) is 1. The zero-order valence-corrected chi connectivity index (χ0v) is 18.7. The summed E-state index contributed by atoms with van der Waals surface area (Å²) in [5, 5.41) is 15.2. The summed E-state index contributed by atoms with van der Waals surface area (Å²) in [5.74, 6) is 0.379. The number of phenols is 1. The van der Waals surface area contributed by atoms with E-state index >= 15 is 0 Å². The second-order valence-corrected chi connectivity index (χ2v) is 7.84. The van der Waals surface area contributed by atoms with Crippen LogP contribution in [-0.2, 0) is 22.4 Å². The number of carbonyl (C=O) groups excluding carboxylic acids is 2. The molecule has 2 rings (SSSR count). The minimum Gasteiger partial charge on any atom is -0.508 e. The van der Waals surface area contributed by atoms with Crippen LogP contribution in [0.5, 0.6) is 11.5 Å². The lowest BCUT2D eigenvalue weighted by Gasteiger charge is -2.19. The molecule has 0 fully saturated rings. The molecule has 0 aliphatic heterocycles. The first-order valence-corrected chi connectivity index (χ1v) is 10.5. The number of methoxy groups -OCH3 is 1. The predicted octanol–water partition coefficient (Wildman–Crippen LogP) is 2.14. The normalized spacial score (nSPS) is 12.7. The van der Waals surface area contributed by atoms with Crippen LogP contribution >= 0.6 is 0 Å². The van der Waals surface area contributed by atoms with Crippen LogP contribution in [0.4, 0.5) is 0 Å². The molecule has 0 radical (unpaired) electrons. The van der Waals surface area contributed by atoms with E-state index in [0.29, 0.717) is 13.0 Å².